The molecule has 1 aromatic carbocycles. The first-order chi connectivity index (χ1) is 11.3. The molecule has 0 unspecified atom stereocenters. The fourth-order valence-electron chi connectivity index (χ4n) is 3.23. The lowest BCUT2D eigenvalue weighted by molar-refractivity contribution is -0.139. The number of nitrogens with zero attached hydrogens (tertiary/aromatic N) is 3. The highest BCUT2D eigenvalue weighted by atomic mass is 32.2. The Morgan fingerprint density at radius 2 is 2.26 bits per heavy atom. The highest BCUT2D eigenvalue weighted by molar-refractivity contribution is 7.99. The summed E-state index contributed by atoms with van der Waals surface area (Å²) in [6, 6.07) is 8.24. The van der Waals surface area contributed by atoms with E-state index in [9.17, 15) is 4.79 Å². The molecule has 1 aromatic heterocycles. The number of amides is 1. The molecule has 2 aliphatic heterocycles. The van der Waals surface area contributed by atoms with Gasteiger partial charge in [-0.05, 0) is 25.0 Å². The highest BCUT2D eigenvalue weighted by Crippen LogP contribution is 2.35. The molecule has 23 heavy (non-hydrogen) atoms. The second-order valence-corrected chi connectivity index (χ2v) is 7.02. The molecule has 1 saturated heterocycles. The van der Waals surface area contributed by atoms with Crippen LogP contribution in [0.5, 0.6) is 5.75 Å². The van der Waals surface area contributed by atoms with Crippen molar-refractivity contribution in [1.29, 1.82) is 0 Å². The van der Waals surface area contributed by atoms with Crippen molar-refractivity contribution < 1.29 is 9.53 Å². The van der Waals surface area contributed by atoms with Crippen molar-refractivity contribution in [1.82, 2.24) is 14.5 Å². The van der Waals surface area contributed by atoms with Gasteiger partial charge >= 0.3 is 0 Å². The Balaban J connectivity index is 1.45. The monoisotopic (exact) mass is 329 g/mol. The number of rotatable bonds is 2. The van der Waals surface area contributed by atoms with E-state index in [0.29, 0.717) is 11.8 Å². The fraction of sp³-hybridized carbons (Fsp3) is 0.412. The summed E-state index contributed by atoms with van der Waals surface area (Å²) in [6.07, 6.45) is 7.33. The van der Waals surface area contributed by atoms with Gasteiger partial charge in [0.15, 0.2) is 6.10 Å². The predicted molar refractivity (Wildman–Crippen MR) is 88.7 cm³/mol. The van der Waals surface area contributed by atoms with Crippen molar-refractivity contribution in [3.63, 3.8) is 0 Å². The van der Waals surface area contributed by atoms with Crippen molar-refractivity contribution in [2.24, 2.45) is 0 Å². The summed E-state index contributed by atoms with van der Waals surface area (Å²) in [7, 11) is 0. The summed E-state index contributed by atoms with van der Waals surface area (Å²) in [4.78, 5) is 20.0. The number of imidazole rings is 1. The van der Waals surface area contributed by atoms with Gasteiger partial charge < -0.3 is 14.2 Å². The molecule has 2 aromatic rings. The number of fused-ring (bicyclic) bond motifs is 1. The second kappa shape index (κ2) is 6.28. The third kappa shape index (κ3) is 2.95. The summed E-state index contributed by atoms with van der Waals surface area (Å²) >= 11 is 1.70. The molecular weight excluding hydrogens is 310 g/mol. The summed E-state index contributed by atoms with van der Waals surface area (Å²) in [5.41, 5.74) is 0. The van der Waals surface area contributed by atoms with Crippen LogP contribution in [0.4, 0.5) is 0 Å². The minimum absolute atomic E-state index is 0.108. The second-order valence-electron chi connectivity index (χ2n) is 5.95. The number of hydrogen-bond acceptors (Lipinski definition) is 4. The van der Waals surface area contributed by atoms with E-state index >= 15 is 0 Å². The molecule has 120 valence electrons. The minimum atomic E-state index is -0.378. The Kier molecular flexibility index (Phi) is 3.99. The van der Waals surface area contributed by atoms with Crippen LogP contribution in [-0.2, 0) is 4.79 Å². The van der Waals surface area contributed by atoms with Crippen molar-refractivity contribution in [3.05, 3.63) is 43.0 Å². The molecule has 1 fully saturated rings. The molecule has 2 aliphatic rings. The third-order valence-electron chi connectivity index (χ3n) is 4.44. The maximum Gasteiger partial charge on any atom is 0.264 e. The zero-order valence-corrected chi connectivity index (χ0v) is 13.6. The van der Waals surface area contributed by atoms with E-state index in [-0.39, 0.29) is 12.0 Å². The summed E-state index contributed by atoms with van der Waals surface area (Å²) in [5.74, 6) is 1.62. The van der Waals surface area contributed by atoms with Crippen LogP contribution >= 0.6 is 11.8 Å². The van der Waals surface area contributed by atoms with Crippen LogP contribution in [0.2, 0.25) is 0 Å². The first-order valence-electron chi connectivity index (χ1n) is 7.96. The van der Waals surface area contributed by atoms with Crippen molar-refractivity contribution in [2.75, 3.05) is 18.8 Å². The number of aromatic nitrogens is 2. The van der Waals surface area contributed by atoms with Gasteiger partial charge in [-0.15, -0.1) is 11.8 Å². The van der Waals surface area contributed by atoms with E-state index < -0.39 is 0 Å². The number of thioether (sulfide) groups is 1. The predicted octanol–water partition coefficient (Wildman–Crippen LogP) is 2.60. The molecule has 0 aliphatic carbocycles. The van der Waals surface area contributed by atoms with Gasteiger partial charge in [0, 0.05) is 36.1 Å². The van der Waals surface area contributed by atoms with Gasteiger partial charge in [0.2, 0.25) is 0 Å². The molecule has 0 bridgehead atoms. The number of para-hydroxylation sites is 1. The van der Waals surface area contributed by atoms with E-state index in [1.54, 1.807) is 18.0 Å². The van der Waals surface area contributed by atoms with E-state index in [4.69, 9.17) is 4.74 Å². The zero-order chi connectivity index (χ0) is 15.6. The Labute approximate surface area is 139 Å². The van der Waals surface area contributed by atoms with Crippen LogP contribution in [0.25, 0.3) is 0 Å². The standard InChI is InChI=1S/C17H19N3O2S/c21-17(15-11-23-16-6-2-1-5-14(16)22-15)19-8-3-4-13(10-19)20-9-7-18-12-20/h1-2,5-7,9,12-13,15H,3-4,8,10-11H2/t13-,15-/m0/s1. The van der Waals surface area contributed by atoms with Crippen molar-refractivity contribution in [2.45, 2.75) is 29.9 Å². The molecule has 3 heterocycles. The molecule has 2 atom stereocenters. The number of ether oxygens (including phenoxy) is 1. The molecule has 5 nitrogen and oxygen atoms in total. The maximum atomic E-state index is 12.8. The summed E-state index contributed by atoms with van der Waals surface area (Å²) in [6.45, 7) is 1.55. The van der Waals surface area contributed by atoms with Crippen molar-refractivity contribution in [3.8, 4) is 5.75 Å². The van der Waals surface area contributed by atoms with Gasteiger partial charge in [-0.1, -0.05) is 12.1 Å². The van der Waals surface area contributed by atoms with E-state index in [2.05, 4.69) is 9.55 Å². The smallest absolute Gasteiger partial charge is 0.264 e. The number of benzene rings is 1. The topological polar surface area (TPSA) is 47.4 Å². The Bertz CT molecular complexity index is 689. The van der Waals surface area contributed by atoms with Crippen LogP contribution in [-0.4, -0.2) is 45.3 Å². The minimum Gasteiger partial charge on any atom is -0.479 e. The molecule has 0 N–H and O–H groups in total. The van der Waals surface area contributed by atoms with Gasteiger partial charge in [0.05, 0.1) is 12.4 Å². The highest BCUT2D eigenvalue weighted by Gasteiger charge is 2.33. The molecule has 6 heteroatoms. The normalized spacial score (nSPS) is 23.9. The average molecular weight is 329 g/mol. The van der Waals surface area contributed by atoms with Crippen LogP contribution in [0.3, 0.4) is 0 Å². The van der Waals surface area contributed by atoms with Crippen LogP contribution < -0.4 is 4.74 Å². The number of carbonyl (C=O) groups is 1. The van der Waals surface area contributed by atoms with Crippen LogP contribution in [0.15, 0.2) is 47.9 Å². The first-order valence-corrected chi connectivity index (χ1v) is 8.94. The molecule has 1 amide bonds. The van der Waals surface area contributed by atoms with E-state index in [0.717, 1.165) is 36.6 Å². The lowest BCUT2D eigenvalue weighted by Gasteiger charge is -2.36. The summed E-state index contributed by atoms with van der Waals surface area (Å²) < 4.78 is 8.04. The molecular formula is C17H19N3O2S. The van der Waals surface area contributed by atoms with E-state index in [1.807, 2.05) is 41.7 Å². The largest absolute Gasteiger partial charge is 0.479 e. The number of hydrogen-bond donors (Lipinski definition) is 0. The van der Waals surface area contributed by atoms with Crippen LogP contribution in [0, 0.1) is 0 Å². The SMILES string of the molecule is O=C([C@@H]1CSc2ccccc2O1)N1CCC[C@H](n2ccnc2)C1. The molecule has 0 spiro atoms. The average Bonchev–Trinajstić information content (AvgIpc) is 3.15. The maximum absolute atomic E-state index is 12.8. The first kappa shape index (κ1) is 14.6. The van der Waals surface area contributed by atoms with Gasteiger partial charge in [0.1, 0.15) is 5.75 Å². The fourth-order valence-corrected chi connectivity index (χ4v) is 4.20. The zero-order valence-electron chi connectivity index (χ0n) is 12.8. The van der Waals surface area contributed by atoms with Gasteiger partial charge in [-0.2, -0.15) is 0 Å². The number of carbonyl (C=O) groups excluding carboxylic acids is 1. The lowest BCUT2D eigenvalue weighted by Crippen LogP contribution is -2.48. The van der Waals surface area contributed by atoms with Gasteiger partial charge in [-0.3, -0.25) is 4.79 Å². The Morgan fingerprint density at radius 1 is 1.35 bits per heavy atom. The Morgan fingerprint density at radius 3 is 3.13 bits per heavy atom. The molecule has 0 radical (unpaired) electrons. The van der Waals surface area contributed by atoms with Gasteiger partial charge in [0.25, 0.3) is 5.91 Å². The van der Waals surface area contributed by atoms with Gasteiger partial charge in [-0.25, -0.2) is 4.98 Å². The Hall–Kier alpha value is -1.95. The number of piperidine rings is 1. The van der Waals surface area contributed by atoms with Crippen LogP contribution in [0.1, 0.15) is 18.9 Å². The van der Waals surface area contributed by atoms with E-state index in [1.165, 1.54) is 0 Å². The molecule has 0 saturated carbocycles. The number of likely N-dealkylation sites (tertiary alicyclic amines) is 1. The lowest BCUT2D eigenvalue weighted by atomic mass is 10.0. The summed E-state index contributed by atoms with van der Waals surface area (Å²) in [5, 5.41) is 0. The third-order valence-corrected chi connectivity index (χ3v) is 5.56. The van der Waals surface area contributed by atoms with Crippen molar-refractivity contribution >= 4 is 17.7 Å². The quantitative estimate of drug-likeness (QED) is 0.850. The molecule has 4 rings (SSSR count).